The maximum atomic E-state index is 12.7. The van der Waals surface area contributed by atoms with Crippen LogP contribution in [-0.4, -0.2) is 29.9 Å². The lowest BCUT2D eigenvalue weighted by molar-refractivity contribution is 0.102. The van der Waals surface area contributed by atoms with Gasteiger partial charge >= 0.3 is 0 Å². The van der Waals surface area contributed by atoms with E-state index in [-0.39, 0.29) is 5.91 Å². The molecular weight excluding hydrogens is 342 g/mol. The fourth-order valence-corrected chi connectivity index (χ4v) is 2.72. The minimum absolute atomic E-state index is 0.298. The zero-order valence-corrected chi connectivity index (χ0v) is 14.4. The van der Waals surface area contributed by atoms with E-state index in [0.29, 0.717) is 27.8 Å². The van der Waals surface area contributed by atoms with Crippen molar-refractivity contribution in [2.45, 2.75) is 0 Å². The molecule has 0 atom stereocenters. The fourth-order valence-electron chi connectivity index (χ4n) is 2.43. The molecule has 3 aromatic rings. The van der Waals surface area contributed by atoms with Crippen LogP contribution in [0.15, 0.2) is 54.9 Å². The molecule has 0 aliphatic heterocycles. The maximum Gasteiger partial charge on any atom is 0.255 e. The zero-order chi connectivity index (χ0) is 17.8. The minimum atomic E-state index is -0.317. The molecule has 0 fully saturated rings. The molecule has 0 unspecified atom stereocenters. The second-order valence-electron chi connectivity index (χ2n) is 5.12. The lowest BCUT2D eigenvalue weighted by atomic mass is 10.1. The number of carbonyl (C=O) groups is 1. The predicted molar refractivity (Wildman–Crippen MR) is 96.1 cm³/mol. The zero-order valence-electron chi connectivity index (χ0n) is 13.7. The van der Waals surface area contributed by atoms with Gasteiger partial charge in [-0.3, -0.25) is 4.79 Å². The van der Waals surface area contributed by atoms with Crippen LogP contribution < -0.4 is 14.8 Å². The summed E-state index contributed by atoms with van der Waals surface area (Å²) >= 11 is 6.17. The molecule has 0 aliphatic rings. The molecule has 0 aliphatic carbocycles. The minimum Gasteiger partial charge on any atom is -0.493 e. The number of hydrogen-bond donors (Lipinski definition) is 1. The molecule has 128 valence electrons. The van der Waals surface area contributed by atoms with E-state index in [1.54, 1.807) is 29.2 Å². The number of carbonyl (C=O) groups excluding carboxylic acids is 1. The molecule has 0 radical (unpaired) electrons. The predicted octanol–water partition coefficient (Wildman–Crippen LogP) is 3.80. The highest BCUT2D eigenvalue weighted by Gasteiger charge is 2.16. The Kier molecular flexibility index (Phi) is 4.90. The molecule has 25 heavy (non-hydrogen) atoms. The van der Waals surface area contributed by atoms with Crippen molar-refractivity contribution in [2.24, 2.45) is 0 Å². The summed E-state index contributed by atoms with van der Waals surface area (Å²) in [6.45, 7) is 0. The van der Waals surface area contributed by atoms with Crippen LogP contribution in [0.25, 0.3) is 5.69 Å². The normalized spacial score (nSPS) is 10.4. The van der Waals surface area contributed by atoms with Crippen LogP contribution in [0.2, 0.25) is 5.02 Å². The standard InChI is InChI=1S/C18H16ClN3O3/c1-24-16-11-12(10-13(19)17(16)25-2)18(23)21-14-6-3-4-7-15(14)22-9-5-8-20-22/h3-11H,1-2H3,(H,21,23). The van der Waals surface area contributed by atoms with Crippen LogP contribution in [0, 0.1) is 0 Å². The lowest BCUT2D eigenvalue weighted by Gasteiger charge is -2.13. The van der Waals surface area contributed by atoms with Gasteiger partial charge in [0.2, 0.25) is 0 Å². The molecule has 0 saturated carbocycles. The van der Waals surface area contributed by atoms with E-state index < -0.39 is 0 Å². The van der Waals surface area contributed by atoms with Crippen LogP contribution >= 0.6 is 11.6 Å². The monoisotopic (exact) mass is 357 g/mol. The number of para-hydroxylation sites is 2. The third kappa shape index (κ3) is 3.44. The van der Waals surface area contributed by atoms with Gasteiger partial charge in [-0.15, -0.1) is 0 Å². The van der Waals surface area contributed by atoms with Crippen LogP contribution in [0.3, 0.4) is 0 Å². The van der Waals surface area contributed by atoms with Crippen molar-refractivity contribution in [3.63, 3.8) is 0 Å². The van der Waals surface area contributed by atoms with Crippen LogP contribution in [0.5, 0.6) is 11.5 Å². The number of benzene rings is 2. The number of methoxy groups -OCH3 is 2. The number of rotatable bonds is 5. The third-order valence-electron chi connectivity index (χ3n) is 3.60. The Morgan fingerprint density at radius 2 is 1.96 bits per heavy atom. The van der Waals surface area contributed by atoms with E-state index in [1.807, 2.05) is 24.3 Å². The van der Waals surface area contributed by atoms with E-state index in [2.05, 4.69) is 10.4 Å². The molecule has 2 aromatic carbocycles. The van der Waals surface area contributed by atoms with Gasteiger partial charge in [0.25, 0.3) is 5.91 Å². The number of halogens is 1. The smallest absolute Gasteiger partial charge is 0.255 e. The first kappa shape index (κ1) is 16.9. The Morgan fingerprint density at radius 1 is 1.16 bits per heavy atom. The quantitative estimate of drug-likeness (QED) is 0.754. The average molecular weight is 358 g/mol. The number of aromatic nitrogens is 2. The summed E-state index contributed by atoms with van der Waals surface area (Å²) in [6.07, 6.45) is 3.48. The molecule has 1 heterocycles. The number of amides is 1. The Morgan fingerprint density at radius 3 is 2.64 bits per heavy atom. The molecule has 1 amide bonds. The van der Waals surface area contributed by atoms with Crippen LogP contribution in [0.4, 0.5) is 5.69 Å². The van der Waals surface area contributed by atoms with Crippen molar-refractivity contribution >= 4 is 23.2 Å². The van der Waals surface area contributed by atoms with E-state index in [4.69, 9.17) is 21.1 Å². The third-order valence-corrected chi connectivity index (χ3v) is 3.88. The summed E-state index contributed by atoms with van der Waals surface area (Å²) < 4.78 is 12.1. The van der Waals surface area contributed by atoms with Crippen molar-refractivity contribution in [1.29, 1.82) is 0 Å². The second-order valence-corrected chi connectivity index (χ2v) is 5.52. The molecule has 0 saturated heterocycles. The van der Waals surface area contributed by atoms with Gasteiger partial charge in [0, 0.05) is 18.0 Å². The molecule has 0 spiro atoms. The van der Waals surface area contributed by atoms with Crippen molar-refractivity contribution in [3.8, 4) is 17.2 Å². The number of ether oxygens (including phenoxy) is 2. The van der Waals surface area contributed by atoms with E-state index in [9.17, 15) is 4.79 Å². The maximum absolute atomic E-state index is 12.7. The van der Waals surface area contributed by atoms with Gasteiger partial charge < -0.3 is 14.8 Å². The van der Waals surface area contributed by atoms with E-state index >= 15 is 0 Å². The van der Waals surface area contributed by atoms with Crippen LogP contribution in [0.1, 0.15) is 10.4 Å². The fraction of sp³-hybridized carbons (Fsp3) is 0.111. The first-order valence-corrected chi connectivity index (χ1v) is 7.83. The summed E-state index contributed by atoms with van der Waals surface area (Å²) in [5.74, 6) is 0.459. The summed E-state index contributed by atoms with van der Waals surface area (Å²) in [5, 5.41) is 7.37. The van der Waals surface area contributed by atoms with Gasteiger partial charge in [0.1, 0.15) is 0 Å². The lowest BCUT2D eigenvalue weighted by Crippen LogP contribution is -2.14. The van der Waals surface area contributed by atoms with Gasteiger partial charge in [-0.05, 0) is 30.3 Å². The Bertz CT molecular complexity index is 895. The molecule has 6 nitrogen and oxygen atoms in total. The second kappa shape index (κ2) is 7.27. The SMILES string of the molecule is COc1cc(C(=O)Nc2ccccc2-n2cccn2)cc(Cl)c1OC. The van der Waals surface area contributed by atoms with E-state index in [0.717, 1.165) is 5.69 Å². The summed E-state index contributed by atoms with van der Waals surface area (Å²) in [4.78, 5) is 12.7. The Hall–Kier alpha value is -2.99. The largest absolute Gasteiger partial charge is 0.493 e. The molecule has 3 rings (SSSR count). The number of hydrogen-bond acceptors (Lipinski definition) is 4. The highest BCUT2D eigenvalue weighted by Crippen LogP contribution is 2.36. The van der Waals surface area contributed by atoms with Crippen LogP contribution in [-0.2, 0) is 0 Å². The first-order chi connectivity index (χ1) is 12.1. The molecule has 1 aromatic heterocycles. The first-order valence-electron chi connectivity index (χ1n) is 7.46. The van der Waals surface area contributed by atoms with Crippen molar-refractivity contribution in [1.82, 2.24) is 9.78 Å². The molecule has 7 heteroatoms. The Balaban J connectivity index is 1.93. The summed E-state index contributed by atoms with van der Waals surface area (Å²) in [6, 6.07) is 12.3. The molecule has 1 N–H and O–H groups in total. The van der Waals surface area contributed by atoms with Gasteiger partial charge in [0.15, 0.2) is 11.5 Å². The summed E-state index contributed by atoms with van der Waals surface area (Å²) in [5.41, 5.74) is 1.74. The topological polar surface area (TPSA) is 65.4 Å². The van der Waals surface area contributed by atoms with Crippen molar-refractivity contribution in [2.75, 3.05) is 19.5 Å². The van der Waals surface area contributed by atoms with E-state index in [1.165, 1.54) is 20.3 Å². The van der Waals surface area contributed by atoms with Gasteiger partial charge in [-0.2, -0.15) is 5.10 Å². The summed E-state index contributed by atoms with van der Waals surface area (Å²) in [7, 11) is 2.98. The number of nitrogens with zero attached hydrogens (tertiary/aromatic N) is 2. The van der Waals surface area contributed by atoms with Gasteiger partial charge in [0.05, 0.1) is 30.6 Å². The van der Waals surface area contributed by atoms with Gasteiger partial charge in [-0.25, -0.2) is 4.68 Å². The average Bonchev–Trinajstić information content (AvgIpc) is 3.15. The van der Waals surface area contributed by atoms with Gasteiger partial charge in [-0.1, -0.05) is 23.7 Å². The number of anilines is 1. The number of nitrogens with one attached hydrogen (secondary N) is 1. The highest BCUT2D eigenvalue weighted by molar-refractivity contribution is 6.32. The molecular formula is C18H16ClN3O3. The van der Waals surface area contributed by atoms with Crippen molar-refractivity contribution in [3.05, 3.63) is 65.4 Å². The molecule has 0 bridgehead atoms. The van der Waals surface area contributed by atoms with Crippen molar-refractivity contribution < 1.29 is 14.3 Å². The highest BCUT2D eigenvalue weighted by atomic mass is 35.5. The Labute approximate surface area is 149 Å².